The zero-order valence-corrected chi connectivity index (χ0v) is 7.98. The van der Waals surface area contributed by atoms with Crippen LogP contribution >= 0.6 is 0 Å². The molecule has 0 radical (unpaired) electrons. The lowest BCUT2D eigenvalue weighted by Crippen LogP contribution is -2.18. The first-order chi connectivity index (χ1) is 5.06. The van der Waals surface area contributed by atoms with E-state index in [0.717, 1.165) is 19.4 Å². The van der Waals surface area contributed by atoms with Crippen molar-refractivity contribution in [2.24, 2.45) is 0 Å². The lowest BCUT2D eigenvalue weighted by molar-refractivity contribution is 0.0681. The van der Waals surface area contributed by atoms with E-state index in [1.807, 2.05) is 20.9 Å². The van der Waals surface area contributed by atoms with Crippen molar-refractivity contribution in [1.29, 1.82) is 0 Å². The minimum absolute atomic E-state index is 0.473. The lowest BCUT2D eigenvalue weighted by atomic mass is 10.0. The van der Waals surface area contributed by atoms with Crippen LogP contribution in [0.2, 0.25) is 0 Å². The molecular weight excluding hydrogens is 138 g/mol. The molecule has 0 aliphatic heterocycles. The summed E-state index contributed by atoms with van der Waals surface area (Å²) in [5, 5.41) is 12.5. The smallest absolute Gasteiger partial charge is 0.0591 e. The van der Waals surface area contributed by atoms with Crippen LogP contribution < -0.4 is 5.32 Å². The van der Waals surface area contributed by atoms with E-state index in [9.17, 15) is 5.11 Å². The van der Waals surface area contributed by atoms with Crippen molar-refractivity contribution in [2.45, 2.75) is 45.1 Å². The first-order valence-corrected chi connectivity index (χ1v) is 4.43. The van der Waals surface area contributed by atoms with Crippen LogP contribution in [0.15, 0.2) is 0 Å². The topological polar surface area (TPSA) is 32.3 Å². The molecule has 0 spiro atoms. The standard InChI is InChI=1S/C9H21NO/c1-9(2,11)7-5-4-6-8-10-3/h10-11H,4-8H2,1-3H3. The average molecular weight is 159 g/mol. The zero-order chi connectivity index (χ0) is 8.74. The van der Waals surface area contributed by atoms with E-state index >= 15 is 0 Å². The molecule has 0 aliphatic rings. The van der Waals surface area contributed by atoms with Gasteiger partial charge < -0.3 is 10.4 Å². The monoisotopic (exact) mass is 159 g/mol. The van der Waals surface area contributed by atoms with E-state index in [0.29, 0.717) is 0 Å². The summed E-state index contributed by atoms with van der Waals surface area (Å²) >= 11 is 0. The molecule has 0 atom stereocenters. The highest BCUT2D eigenvalue weighted by Crippen LogP contribution is 2.12. The maximum Gasteiger partial charge on any atom is 0.0591 e. The minimum atomic E-state index is -0.473. The van der Waals surface area contributed by atoms with Crippen LogP contribution in [0.4, 0.5) is 0 Å². The van der Waals surface area contributed by atoms with Gasteiger partial charge in [0.05, 0.1) is 5.60 Å². The fourth-order valence-electron chi connectivity index (χ4n) is 1.04. The maximum absolute atomic E-state index is 9.36. The van der Waals surface area contributed by atoms with Crippen molar-refractivity contribution in [3.05, 3.63) is 0 Å². The fraction of sp³-hybridized carbons (Fsp3) is 1.00. The van der Waals surface area contributed by atoms with E-state index in [-0.39, 0.29) is 0 Å². The van der Waals surface area contributed by atoms with Crippen LogP contribution in [0, 0.1) is 0 Å². The van der Waals surface area contributed by atoms with Crippen LogP contribution in [0.5, 0.6) is 0 Å². The molecule has 0 aromatic carbocycles. The molecule has 0 aliphatic carbocycles. The zero-order valence-electron chi connectivity index (χ0n) is 7.98. The Morgan fingerprint density at radius 3 is 2.27 bits per heavy atom. The van der Waals surface area contributed by atoms with Crippen molar-refractivity contribution in [3.8, 4) is 0 Å². The van der Waals surface area contributed by atoms with Gasteiger partial charge in [-0.05, 0) is 40.3 Å². The van der Waals surface area contributed by atoms with Gasteiger partial charge in [-0.1, -0.05) is 12.8 Å². The Balaban J connectivity index is 3.02. The number of aliphatic hydroxyl groups is 1. The quantitative estimate of drug-likeness (QED) is 0.576. The molecular formula is C9H21NO. The number of unbranched alkanes of at least 4 members (excludes halogenated alkanes) is 2. The molecule has 2 nitrogen and oxygen atoms in total. The molecule has 0 aromatic heterocycles. The van der Waals surface area contributed by atoms with Gasteiger partial charge in [-0.2, -0.15) is 0 Å². The van der Waals surface area contributed by atoms with Crippen molar-refractivity contribution in [2.75, 3.05) is 13.6 Å². The van der Waals surface area contributed by atoms with Crippen molar-refractivity contribution < 1.29 is 5.11 Å². The molecule has 2 heteroatoms. The van der Waals surface area contributed by atoms with Gasteiger partial charge in [0.2, 0.25) is 0 Å². The second-order valence-corrected chi connectivity index (χ2v) is 3.73. The van der Waals surface area contributed by atoms with Gasteiger partial charge in [-0.15, -0.1) is 0 Å². The highest BCUT2D eigenvalue weighted by Gasteiger charge is 2.10. The summed E-state index contributed by atoms with van der Waals surface area (Å²) in [5.41, 5.74) is -0.473. The van der Waals surface area contributed by atoms with Crippen LogP contribution in [-0.4, -0.2) is 24.3 Å². The summed E-state index contributed by atoms with van der Waals surface area (Å²) in [4.78, 5) is 0. The van der Waals surface area contributed by atoms with Crippen LogP contribution in [0.3, 0.4) is 0 Å². The highest BCUT2D eigenvalue weighted by atomic mass is 16.3. The summed E-state index contributed by atoms with van der Waals surface area (Å²) in [7, 11) is 1.97. The second-order valence-electron chi connectivity index (χ2n) is 3.73. The highest BCUT2D eigenvalue weighted by molar-refractivity contribution is 4.64. The molecule has 0 aromatic rings. The Hall–Kier alpha value is -0.0800. The molecule has 2 N–H and O–H groups in total. The molecule has 0 amide bonds. The van der Waals surface area contributed by atoms with Gasteiger partial charge in [0.15, 0.2) is 0 Å². The summed E-state index contributed by atoms with van der Waals surface area (Å²) in [6, 6.07) is 0. The van der Waals surface area contributed by atoms with Gasteiger partial charge >= 0.3 is 0 Å². The Bertz CT molecular complexity index is 86.1. The van der Waals surface area contributed by atoms with Crippen LogP contribution in [0.1, 0.15) is 39.5 Å². The van der Waals surface area contributed by atoms with E-state index in [1.54, 1.807) is 0 Å². The lowest BCUT2D eigenvalue weighted by Gasteiger charge is -2.16. The van der Waals surface area contributed by atoms with Crippen molar-refractivity contribution in [3.63, 3.8) is 0 Å². The summed E-state index contributed by atoms with van der Waals surface area (Å²) in [6.45, 7) is 4.82. The fourth-order valence-corrected chi connectivity index (χ4v) is 1.04. The van der Waals surface area contributed by atoms with Crippen molar-refractivity contribution in [1.82, 2.24) is 5.32 Å². The number of rotatable bonds is 6. The van der Waals surface area contributed by atoms with E-state index < -0.39 is 5.60 Å². The third-order valence-electron chi connectivity index (χ3n) is 1.72. The Labute approximate surface area is 70.0 Å². The minimum Gasteiger partial charge on any atom is -0.390 e. The molecule has 0 heterocycles. The van der Waals surface area contributed by atoms with Crippen LogP contribution in [-0.2, 0) is 0 Å². The van der Waals surface area contributed by atoms with Gasteiger partial charge in [0, 0.05) is 0 Å². The number of hydrogen-bond donors (Lipinski definition) is 2. The third-order valence-corrected chi connectivity index (χ3v) is 1.72. The Morgan fingerprint density at radius 1 is 1.18 bits per heavy atom. The summed E-state index contributed by atoms with van der Waals surface area (Å²) < 4.78 is 0. The van der Waals surface area contributed by atoms with E-state index in [4.69, 9.17) is 0 Å². The molecule has 0 fully saturated rings. The largest absolute Gasteiger partial charge is 0.390 e. The average Bonchev–Trinajstić information content (AvgIpc) is 1.85. The van der Waals surface area contributed by atoms with Gasteiger partial charge in [-0.25, -0.2) is 0 Å². The Kier molecular flexibility index (Phi) is 5.51. The number of nitrogens with one attached hydrogen (secondary N) is 1. The SMILES string of the molecule is CNCCCCCC(C)(C)O. The predicted octanol–water partition coefficient (Wildman–Crippen LogP) is 1.54. The molecule has 68 valence electrons. The second kappa shape index (κ2) is 5.56. The summed E-state index contributed by atoms with van der Waals surface area (Å²) in [5.74, 6) is 0. The van der Waals surface area contributed by atoms with Gasteiger partial charge in [-0.3, -0.25) is 0 Å². The van der Waals surface area contributed by atoms with E-state index in [2.05, 4.69) is 5.32 Å². The molecule has 0 saturated carbocycles. The first-order valence-electron chi connectivity index (χ1n) is 4.43. The summed E-state index contributed by atoms with van der Waals surface area (Å²) in [6.07, 6.45) is 4.47. The Morgan fingerprint density at radius 2 is 1.82 bits per heavy atom. The number of hydrogen-bond acceptors (Lipinski definition) is 2. The molecule has 0 bridgehead atoms. The maximum atomic E-state index is 9.36. The normalized spacial score (nSPS) is 12.0. The first kappa shape index (κ1) is 10.9. The molecule has 0 saturated heterocycles. The van der Waals surface area contributed by atoms with Crippen LogP contribution in [0.25, 0.3) is 0 Å². The van der Waals surface area contributed by atoms with Gasteiger partial charge in [0.25, 0.3) is 0 Å². The van der Waals surface area contributed by atoms with E-state index in [1.165, 1.54) is 12.8 Å². The molecule has 0 unspecified atom stereocenters. The molecule has 0 rings (SSSR count). The predicted molar refractivity (Wildman–Crippen MR) is 48.7 cm³/mol. The van der Waals surface area contributed by atoms with Crippen molar-refractivity contribution >= 4 is 0 Å². The van der Waals surface area contributed by atoms with Gasteiger partial charge in [0.1, 0.15) is 0 Å². The third kappa shape index (κ3) is 9.92. The molecule has 11 heavy (non-hydrogen) atoms.